The number of nitrogens with zero attached hydrogens (tertiary/aromatic N) is 2. The number of hydrogen-bond acceptors (Lipinski definition) is 4. The van der Waals surface area contributed by atoms with Gasteiger partial charge in [-0.1, -0.05) is 6.92 Å². The number of anilines is 2. The minimum absolute atomic E-state index is 0.139. The summed E-state index contributed by atoms with van der Waals surface area (Å²) in [6, 6.07) is 5.21. The van der Waals surface area contributed by atoms with Crippen molar-refractivity contribution >= 4 is 17.3 Å². The molecule has 4 N–H and O–H groups in total. The fourth-order valence-electron chi connectivity index (χ4n) is 2.26. The lowest BCUT2D eigenvalue weighted by atomic mass is 10.1. The van der Waals surface area contributed by atoms with Crippen molar-refractivity contribution in [1.29, 1.82) is 0 Å². The molecule has 0 aliphatic heterocycles. The van der Waals surface area contributed by atoms with Crippen LogP contribution in [0.1, 0.15) is 28.5 Å². The molecule has 0 aliphatic carbocycles. The molecule has 21 heavy (non-hydrogen) atoms. The summed E-state index contributed by atoms with van der Waals surface area (Å²) in [7, 11) is 3.51. The molecule has 0 saturated carbocycles. The Hall–Kier alpha value is -2.50. The van der Waals surface area contributed by atoms with Gasteiger partial charge in [0.2, 0.25) is 0 Å². The largest absolute Gasteiger partial charge is 0.399 e. The molecule has 6 heteroatoms. The average molecular weight is 287 g/mol. The molecule has 0 aliphatic rings. The number of nitrogen functional groups attached to an aromatic ring is 1. The van der Waals surface area contributed by atoms with Crippen LogP contribution in [0.5, 0.6) is 0 Å². The number of benzene rings is 1. The molecule has 0 fully saturated rings. The van der Waals surface area contributed by atoms with Gasteiger partial charge >= 0.3 is 0 Å². The number of nitrogens with two attached hydrogens (primary N) is 1. The second-order valence-corrected chi connectivity index (χ2v) is 4.87. The van der Waals surface area contributed by atoms with Crippen LogP contribution in [0.3, 0.4) is 0 Å². The molecule has 2 aromatic rings. The maximum Gasteiger partial charge on any atom is 0.253 e. The summed E-state index contributed by atoms with van der Waals surface area (Å²) in [6.45, 7) is 2.67. The Bertz CT molecular complexity index is 648. The van der Waals surface area contributed by atoms with Crippen LogP contribution < -0.4 is 16.4 Å². The second kappa shape index (κ2) is 6.30. The van der Waals surface area contributed by atoms with Gasteiger partial charge in [-0.05, 0) is 24.6 Å². The zero-order valence-corrected chi connectivity index (χ0v) is 12.6. The molecule has 0 atom stereocenters. The molecule has 6 nitrogen and oxygen atoms in total. The van der Waals surface area contributed by atoms with E-state index < -0.39 is 0 Å². The van der Waals surface area contributed by atoms with Crippen LogP contribution in [0, 0.1) is 0 Å². The van der Waals surface area contributed by atoms with Crippen LogP contribution in [0.25, 0.3) is 0 Å². The zero-order valence-electron chi connectivity index (χ0n) is 12.6. The number of nitrogens with one attached hydrogen (secondary N) is 2. The summed E-state index contributed by atoms with van der Waals surface area (Å²) in [4.78, 5) is 11.9. The molecule has 0 unspecified atom stereocenters. The van der Waals surface area contributed by atoms with E-state index in [-0.39, 0.29) is 5.91 Å². The summed E-state index contributed by atoms with van der Waals surface area (Å²) >= 11 is 0. The van der Waals surface area contributed by atoms with Crippen molar-refractivity contribution in [2.75, 3.05) is 18.1 Å². The molecule has 0 spiro atoms. The van der Waals surface area contributed by atoms with E-state index in [1.54, 1.807) is 29.9 Å². The van der Waals surface area contributed by atoms with Crippen molar-refractivity contribution in [2.24, 2.45) is 7.05 Å². The van der Waals surface area contributed by atoms with Gasteiger partial charge < -0.3 is 16.4 Å². The van der Waals surface area contributed by atoms with Gasteiger partial charge in [0.1, 0.15) is 0 Å². The molecule has 1 aromatic heterocycles. The van der Waals surface area contributed by atoms with Crippen LogP contribution in [-0.4, -0.2) is 22.7 Å². The molecular weight excluding hydrogens is 266 g/mol. The first-order chi connectivity index (χ1) is 10.0. The van der Waals surface area contributed by atoms with E-state index in [1.807, 2.05) is 13.2 Å². The highest BCUT2D eigenvalue weighted by Gasteiger charge is 2.11. The third-order valence-electron chi connectivity index (χ3n) is 3.31. The lowest BCUT2D eigenvalue weighted by Gasteiger charge is -2.12. The third-order valence-corrected chi connectivity index (χ3v) is 3.31. The van der Waals surface area contributed by atoms with Gasteiger partial charge in [-0.3, -0.25) is 9.48 Å². The Labute approximate surface area is 124 Å². The van der Waals surface area contributed by atoms with Crippen LogP contribution in [0.2, 0.25) is 0 Å². The number of rotatable bonds is 5. The van der Waals surface area contributed by atoms with E-state index in [0.29, 0.717) is 17.8 Å². The first-order valence-electron chi connectivity index (χ1n) is 6.92. The molecule has 112 valence electrons. The lowest BCUT2D eigenvalue weighted by molar-refractivity contribution is 0.0964. The number of aryl methyl sites for hydroxylation is 2. The summed E-state index contributed by atoms with van der Waals surface area (Å²) in [5, 5.41) is 10.3. The van der Waals surface area contributed by atoms with E-state index in [2.05, 4.69) is 22.7 Å². The Morgan fingerprint density at radius 3 is 2.86 bits per heavy atom. The minimum atomic E-state index is -0.139. The van der Waals surface area contributed by atoms with Crippen molar-refractivity contribution in [1.82, 2.24) is 15.1 Å². The Kier molecular flexibility index (Phi) is 4.47. The second-order valence-electron chi connectivity index (χ2n) is 4.87. The predicted molar refractivity (Wildman–Crippen MR) is 84.2 cm³/mol. The van der Waals surface area contributed by atoms with Gasteiger partial charge in [-0.2, -0.15) is 5.10 Å². The van der Waals surface area contributed by atoms with Gasteiger partial charge in [0, 0.05) is 43.8 Å². The van der Waals surface area contributed by atoms with E-state index in [1.165, 1.54) is 0 Å². The van der Waals surface area contributed by atoms with Gasteiger partial charge in [0.05, 0.1) is 11.3 Å². The smallest absolute Gasteiger partial charge is 0.253 e. The number of amides is 1. The highest BCUT2D eigenvalue weighted by molar-refractivity contribution is 6.00. The van der Waals surface area contributed by atoms with Crippen molar-refractivity contribution in [3.8, 4) is 0 Å². The first kappa shape index (κ1) is 14.9. The quantitative estimate of drug-likeness (QED) is 0.728. The van der Waals surface area contributed by atoms with E-state index >= 15 is 0 Å². The number of aromatic nitrogens is 2. The molecule has 2 rings (SSSR count). The zero-order chi connectivity index (χ0) is 15.4. The van der Waals surface area contributed by atoms with Gasteiger partial charge in [0.15, 0.2) is 0 Å². The SMILES string of the molecule is CCc1nn(C)cc1CNc1cc(N)ccc1C(=O)NC. The van der Waals surface area contributed by atoms with Crippen LogP contribution in [0.15, 0.2) is 24.4 Å². The molecule has 0 radical (unpaired) electrons. The summed E-state index contributed by atoms with van der Waals surface area (Å²) in [6.07, 6.45) is 2.86. The third kappa shape index (κ3) is 3.34. The highest BCUT2D eigenvalue weighted by atomic mass is 16.1. The summed E-state index contributed by atoms with van der Waals surface area (Å²) < 4.78 is 1.80. The van der Waals surface area contributed by atoms with E-state index in [0.717, 1.165) is 23.4 Å². The number of carbonyl (C=O) groups excluding carboxylic acids is 1. The van der Waals surface area contributed by atoms with Crippen molar-refractivity contribution in [3.05, 3.63) is 41.2 Å². The molecule has 0 saturated heterocycles. The molecule has 1 amide bonds. The molecular formula is C15H21N5O. The standard InChI is InChI=1S/C15H21N5O/c1-4-13-10(9-20(3)19-13)8-18-14-7-11(16)5-6-12(14)15(21)17-2/h5-7,9,18H,4,8,16H2,1-3H3,(H,17,21). The Morgan fingerprint density at radius 1 is 1.43 bits per heavy atom. The number of carbonyl (C=O) groups is 1. The number of hydrogen-bond donors (Lipinski definition) is 3. The van der Waals surface area contributed by atoms with Crippen molar-refractivity contribution in [3.63, 3.8) is 0 Å². The highest BCUT2D eigenvalue weighted by Crippen LogP contribution is 2.20. The van der Waals surface area contributed by atoms with E-state index in [4.69, 9.17) is 5.73 Å². The average Bonchev–Trinajstić information content (AvgIpc) is 2.84. The fraction of sp³-hybridized carbons (Fsp3) is 0.333. The first-order valence-corrected chi connectivity index (χ1v) is 6.92. The predicted octanol–water partition coefficient (Wildman–Crippen LogP) is 1.54. The topological polar surface area (TPSA) is 85.0 Å². The normalized spacial score (nSPS) is 10.4. The monoisotopic (exact) mass is 287 g/mol. The maximum atomic E-state index is 11.9. The van der Waals surface area contributed by atoms with Crippen LogP contribution in [-0.2, 0) is 20.0 Å². The molecule has 0 bridgehead atoms. The van der Waals surface area contributed by atoms with Crippen molar-refractivity contribution < 1.29 is 4.79 Å². The minimum Gasteiger partial charge on any atom is -0.399 e. The van der Waals surface area contributed by atoms with Gasteiger partial charge in [-0.15, -0.1) is 0 Å². The summed E-state index contributed by atoms with van der Waals surface area (Å²) in [5.41, 5.74) is 9.89. The van der Waals surface area contributed by atoms with E-state index in [9.17, 15) is 4.79 Å². The Balaban J connectivity index is 2.22. The van der Waals surface area contributed by atoms with Crippen molar-refractivity contribution in [2.45, 2.75) is 19.9 Å². The molecule has 1 aromatic carbocycles. The molecule has 1 heterocycles. The van der Waals surface area contributed by atoms with Crippen LogP contribution in [0.4, 0.5) is 11.4 Å². The fourth-order valence-corrected chi connectivity index (χ4v) is 2.26. The van der Waals surface area contributed by atoms with Gasteiger partial charge in [-0.25, -0.2) is 0 Å². The lowest BCUT2D eigenvalue weighted by Crippen LogP contribution is -2.19. The van der Waals surface area contributed by atoms with Gasteiger partial charge in [0.25, 0.3) is 5.91 Å². The van der Waals surface area contributed by atoms with Crippen LogP contribution >= 0.6 is 0 Å². The summed E-state index contributed by atoms with van der Waals surface area (Å²) in [5.74, 6) is -0.139. The Morgan fingerprint density at radius 2 is 2.19 bits per heavy atom. The maximum absolute atomic E-state index is 11.9.